The second-order valence-corrected chi connectivity index (χ2v) is 3.13. The van der Waals surface area contributed by atoms with E-state index in [9.17, 15) is 0 Å². The molecule has 0 spiro atoms. The smallest absolute Gasteiger partial charge is 0.0891 e. The third kappa shape index (κ3) is 1.49. The number of hydrogen-bond acceptors (Lipinski definition) is 2. The molecule has 1 aliphatic heterocycles. The summed E-state index contributed by atoms with van der Waals surface area (Å²) in [5.41, 5.74) is 2.27. The number of nitrogens with zero attached hydrogens (tertiary/aromatic N) is 1. The Balaban J connectivity index is 2.28. The van der Waals surface area contributed by atoms with Crippen molar-refractivity contribution in [3.63, 3.8) is 0 Å². The number of hydrogen-bond donors (Lipinski definition) is 1. The predicted octanol–water partition coefficient (Wildman–Crippen LogP) is 1.69. The van der Waals surface area contributed by atoms with Crippen LogP contribution < -0.4 is 5.32 Å². The van der Waals surface area contributed by atoms with E-state index >= 15 is 0 Å². The van der Waals surface area contributed by atoms with Crippen LogP contribution in [0.4, 0.5) is 0 Å². The maximum atomic E-state index is 5.76. The molecular formula is C9H9ClN2. The Morgan fingerprint density at radius 3 is 2.58 bits per heavy atom. The lowest BCUT2D eigenvalue weighted by atomic mass is 10.1. The van der Waals surface area contributed by atoms with Crippen LogP contribution in [0, 0.1) is 0 Å². The fraction of sp³-hybridized carbons (Fsp3) is 0.222. The van der Waals surface area contributed by atoms with Crippen molar-refractivity contribution in [3.05, 3.63) is 34.9 Å². The van der Waals surface area contributed by atoms with Gasteiger partial charge in [0, 0.05) is 11.6 Å². The highest BCUT2D eigenvalue weighted by atomic mass is 35.5. The summed E-state index contributed by atoms with van der Waals surface area (Å²) in [6, 6.07) is 7.76. The van der Waals surface area contributed by atoms with Crippen LogP contribution in [0.3, 0.4) is 0 Å². The van der Waals surface area contributed by atoms with Gasteiger partial charge < -0.3 is 0 Å². The van der Waals surface area contributed by atoms with Crippen LogP contribution in [0.25, 0.3) is 0 Å². The maximum Gasteiger partial charge on any atom is 0.0891 e. The standard InChI is InChI=1S/C9H9ClN2/c10-8-3-1-7(2-4-8)9-5-11-6-12-9/h1-4,11H,5-6H2. The topological polar surface area (TPSA) is 24.4 Å². The van der Waals surface area contributed by atoms with Crippen molar-refractivity contribution in [2.45, 2.75) is 0 Å². The molecule has 0 bridgehead atoms. The van der Waals surface area contributed by atoms with Crippen molar-refractivity contribution in [2.75, 3.05) is 13.2 Å². The molecule has 1 heterocycles. The molecular weight excluding hydrogens is 172 g/mol. The first-order chi connectivity index (χ1) is 5.86. The second-order valence-electron chi connectivity index (χ2n) is 2.70. The number of aliphatic imine (C=N–C) groups is 1. The average Bonchev–Trinajstić information content (AvgIpc) is 2.58. The van der Waals surface area contributed by atoms with E-state index in [2.05, 4.69) is 10.3 Å². The van der Waals surface area contributed by atoms with Gasteiger partial charge in [0.25, 0.3) is 0 Å². The Kier molecular flexibility index (Phi) is 2.11. The molecule has 1 aliphatic rings. The highest BCUT2D eigenvalue weighted by Gasteiger charge is 2.06. The summed E-state index contributed by atoms with van der Waals surface area (Å²) in [5, 5.41) is 3.92. The monoisotopic (exact) mass is 180 g/mol. The van der Waals surface area contributed by atoms with Crippen LogP contribution in [-0.4, -0.2) is 18.9 Å². The van der Waals surface area contributed by atoms with Crippen LogP contribution in [0.1, 0.15) is 5.56 Å². The van der Waals surface area contributed by atoms with E-state index in [1.54, 1.807) is 0 Å². The molecule has 3 heteroatoms. The van der Waals surface area contributed by atoms with E-state index in [0.717, 1.165) is 29.5 Å². The molecule has 0 saturated carbocycles. The highest BCUT2D eigenvalue weighted by molar-refractivity contribution is 6.30. The molecule has 1 aromatic carbocycles. The third-order valence-corrected chi connectivity index (χ3v) is 2.10. The first-order valence-corrected chi connectivity index (χ1v) is 4.24. The van der Waals surface area contributed by atoms with Gasteiger partial charge in [-0.15, -0.1) is 0 Å². The molecule has 0 aliphatic carbocycles. The Labute approximate surface area is 76.3 Å². The van der Waals surface area contributed by atoms with Gasteiger partial charge >= 0.3 is 0 Å². The van der Waals surface area contributed by atoms with Gasteiger partial charge in [-0.25, -0.2) is 0 Å². The van der Waals surface area contributed by atoms with E-state index in [1.807, 2.05) is 24.3 Å². The van der Waals surface area contributed by atoms with Crippen LogP contribution in [0.2, 0.25) is 5.02 Å². The van der Waals surface area contributed by atoms with Gasteiger partial charge in [-0.2, -0.15) is 0 Å². The number of halogens is 1. The van der Waals surface area contributed by atoms with E-state index in [1.165, 1.54) is 0 Å². The van der Waals surface area contributed by atoms with E-state index in [0.29, 0.717) is 0 Å². The summed E-state index contributed by atoms with van der Waals surface area (Å²) in [6.45, 7) is 1.60. The first-order valence-electron chi connectivity index (χ1n) is 3.86. The summed E-state index contributed by atoms with van der Waals surface area (Å²) in [5.74, 6) is 0. The predicted molar refractivity (Wildman–Crippen MR) is 50.9 cm³/mol. The van der Waals surface area contributed by atoms with Gasteiger partial charge in [-0.1, -0.05) is 23.7 Å². The lowest BCUT2D eigenvalue weighted by Gasteiger charge is -1.98. The fourth-order valence-corrected chi connectivity index (χ4v) is 1.34. The molecule has 0 unspecified atom stereocenters. The minimum atomic E-state index is 0.734. The highest BCUT2D eigenvalue weighted by Crippen LogP contribution is 2.11. The molecule has 62 valence electrons. The zero-order valence-corrected chi connectivity index (χ0v) is 7.30. The first kappa shape index (κ1) is 7.77. The minimum Gasteiger partial charge on any atom is -0.293 e. The molecule has 0 amide bonds. The minimum absolute atomic E-state index is 0.734. The summed E-state index contributed by atoms with van der Waals surface area (Å²) < 4.78 is 0. The lowest BCUT2D eigenvalue weighted by molar-refractivity contribution is 0.850. The normalized spacial score (nSPS) is 16.2. The van der Waals surface area contributed by atoms with Gasteiger partial charge in [0.1, 0.15) is 0 Å². The van der Waals surface area contributed by atoms with Crippen molar-refractivity contribution in [3.8, 4) is 0 Å². The quantitative estimate of drug-likeness (QED) is 0.699. The van der Waals surface area contributed by atoms with E-state index < -0.39 is 0 Å². The molecule has 2 nitrogen and oxygen atoms in total. The third-order valence-electron chi connectivity index (χ3n) is 1.85. The molecule has 0 radical (unpaired) electrons. The molecule has 1 N–H and O–H groups in total. The fourth-order valence-electron chi connectivity index (χ4n) is 1.22. The second kappa shape index (κ2) is 3.25. The van der Waals surface area contributed by atoms with Gasteiger partial charge in [0.2, 0.25) is 0 Å². The molecule has 1 aromatic rings. The molecule has 0 saturated heterocycles. The van der Waals surface area contributed by atoms with Gasteiger partial charge in [-0.3, -0.25) is 10.3 Å². The van der Waals surface area contributed by atoms with Crippen molar-refractivity contribution < 1.29 is 0 Å². The Bertz CT molecular complexity index is 303. The van der Waals surface area contributed by atoms with Gasteiger partial charge in [0.15, 0.2) is 0 Å². The maximum absolute atomic E-state index is 5.76. The van der Waals surface area contributed by atoms with E-state index in [-0.39, 0.29) is 0 Å². The summed E-state index contributed by atoms with van der Waals surface area (Å²) in [7, 11) is 0. The van der Waals surface area contributed by atoms with Crippen molar-refractivity contribution in [1.29, 1.82) is 0 Å². The summed E-state index contributed by atoms with van der Waals surface area (Å²) >= 11 is 5.76. The number of rotatable bonds is 1. The number of benzene rings is 1. The van der Waals surface area contributed by atoms with Crippen molar-refractivity contribution >= 4 is 17.3 Å². The van der Waals surface area contributed by atoms with Gasteiger partial charge in [0.05, 0.1) is 12.4 Å². The summed E-state index contributed by atoms with van der Waals surface area (Å²) in [4.78, 5) is 4.30. The van der Waals surface area contributed by atoms with Crippen LogP contribution >= 0.6 is 11.6 Å². The Hall–Kier alpha value is -0.860. The Morgan fingerprint density at radius 1 is 1.25 bits per heavy atom. The average molecular weight is 181 g/mol. The van der Waals surface area contributed by atoms with Gasteiger partial charge in [-0.05, 0) is 17.7 Å². The largest absolute Gasteiger partial charge is 0.293 e. The lowest BCUT2D eigenvalue weighted by Crippen LogP contribution is -2.13. The zero-order valence-electron chi connectivity index (χ0n) is 6.55. The molecule has 2 rings (SSSR count). The van der Waals surface area contributed by atoms with Crippen LogP contribution in [0.5, 0.6) is 0 Å². The number of nitrogens with one attached hydrogen (secondary N) is 1. The molecule has 0 atom stereocenters. The SMILES string of the molecule is Clc1ccc(C2=NCNC2)cc1. The van der Waals surface area contributed by atoms with Crippen molar-refractivity contribution in [1.82, 2.24) is 5.32 Å². The molecule has 12 heavy (non-hydrogen) atoms. The van der Waals surface area contributed by atoms with Crippen molar-refractivity contribution in [2.24, 2.45) is 4.99 Å². The van der Waals surface area contributed by atoms with Crippen LogP contribution in [-0.2, 0) is 0 Å². The van der Waals surface area contributed by atoms with E-state index in [4.69, 9.17) is 11.6 Å². The Morgan fingerprint density at radius 2 is 2.00 bits per heavy atom. The zero-order chi connectivity index (χ0) is 8.39. The molecule has 0 aromatic heterocycles. The summed E-state index contributed by atoms with van der Waals surface area (Å²) in [6.07, 6.45) is 0. The van der Waals surface area contributed by atoms with Crippen LogP contribution in [0.15, 0.2) is 29.3 Å². The molecule has 0 fully saturated rings.